The summed E-state index contributed by atoms with van der Waals surface area (Å²) in [6.07, 6.45) is -1.80. The third-order valence-corrected chi connectivity index (χ3v) is 2.54. The first-order valence-corrected chi connectivity index (χ1v) is 5.45. The number of benzene rings is 1. The number of rotatable bonds is 2. The van der Waals surface area contributed by atoms with Gasteiger partial charge in [-0.25, -0.2) is 4.98 Å². The minimum absolute atomic E-state index is 0.0800. The molecule has 1 aromatic carbocycles. The van der Waals surface area contributed by atoms with Gasteiger partial charge in [0.2, 0.25) is 0 Å². The van der Waals surface area contributed by atoms with E-state index in [0.717, 1.165) is 18.2 Å². The Morgan fingerprint density at radius 2 is 1.95 bits per heavy atom. The van der Waals surface area contributed by atoms with E-state index in [1.807, 2.05) is 0 Å². The predicted octanol–water partition coefficient (Wildman–Crippen LogP) is 3.47. The fourth-order valence-electron chi connectivity index (χ4n) is 1.38. The van der Waals surface area contributed by atoms with E-state index in [1.165, 1.54) is 12.4 Å². The third-order valence-electron chi connectivity index (χ3n) is 2.21. The van der Waals surface area contributed by atoms with E-state index in [4.69, 9.17) is 17.3 Å². The highest BCUT2D eigenvalue weighted by molar-refractivity contribution is 6.33. The number of anilines is 3. The molecule has 100 valence electrons. The Morgan fingerprint density at radius 1 is 1.21 bits per heavy atom. The van der Waals surface area contributed by atoms with Gasteiger partial charge in [-0.15, -0.1) is 0 Å². The van der Waals surface area contributed by atoms with Crippen LogP contribution in [-0.2, 0) is 6.18 Å². The molecule has 2 aromatic rings. The van der Waals surface area contributed by atoms with Crippen LogP contribution >= 0.6 is 11.6 Å². The Hall–Kier alpha value is -2.02. The average Bonchev–Trinajstić information content (AvgIpc) is 2.30. The second-order valence-corrected chi connectivity index (χ2v) is 4.05. The summed E-state index contributed by atoms with van der Waals surface area (Å²) in [6, 6.07) is 2.96. The molecule has 8 heteroatoms. The normalized spacial score (nSPS) is 11.4. The Labute approximate surface area is 111 Å². The molecule has 3 N–H and O–H groups in total. The molecular formula is C11H8ClF3N4. The van der Waals surface area contributed by atoms with Crippen LogP contribution in [0.25, 0.3) is 0 Å². The molecule has 0 spiro atoms. The molecule has 0 radical (unpaired) electrons. The standard InChI is InChI=1S/C11H8ClF3N4/c12-7-2-1-6(11(13,14)15)3-8(7)18-10-5-17-4-9(16)19-10/h1-5H,(H3,16,18,19). The molecule has 0 unspecified atom stereocenters. The molecule has 0 aliphatic carbocycles. The average molecular weight is 289 g/mol. The fourth-order valence-corrected chi connectivity index (χ4v) is 1.54. The summed E-state index contributed by atoms with van der Waals surface area (Å²) >= 11 is 5.83. The zero-order chi connectivity index (χ0) is 14.0. The van der Waals surface area contributed by atoms with E-state index in [9.17, 15) is 13.2 Å². The zero-order valence-corrected chi connectivity index (χ0v) is 10.1. The second-order valence-electron chi connectivity index (χ2n) is 3.65. The largest absolute Gasteiger partial charge is 0.416 e. The summed E-state index contributed by atoms with van der Waals surface area (Å²) in [5, 5.41) is 2.78. The van der Waals surface area contributed by atoms with Crippen molar-refractivity contribution in [2.75, 3.05) is 11.1 Å². The number of hydrogen-bond donors (Lipinski definition) is 2. The van der Waals surface area contributed by atoms with Crippen molar-refractivity contribution in [1.82, 2.24) is 9.97 Å². The van der Waals surface area contributed by atoms with Crippen LogP contribution in [0.2, 0.25) is 5.02 Å². The summed E-state index contributed by atoms with van der Waals surface area (Å²) in [7, 11) is 0. The number of nitrogens with one attached hydrogen (secondary N) is 1. The van der Waals surface area contributed by atoms with Gasteiger partial charge in [0.1, 0.15) is 5.82 Å². The molecule has 0 amide bonds. The van der Waals surface area contributed by atoms with Crippen molar-refractivity contribution in [3.8, 4) is 0 Å². The minimum atomic E-state index is -4.44. The van der Waals surface area contributed by atoms with Crippen LogP contribution < -0.4 is 11.1 Å². The molecular weight excluding hydrogens is 281 g/mol. The summed E-state index contributed by atoms with van der Waals surface area (Å²) in [6.45, 7) is 0. The van der Waals surface area contributed by atoms with Gasteiger partial charge in [-0.3, -0.25) is 4.98 Å². The van der Waals surface area contributed by atoms with Crippen LogP contribution in [0.4, 0.5) is 30.5 Å². The van der Waals surface area contributed by atoms with Crippen molar-refractivity contribution in [3.05, 3.63) is 41.2 Å². The predicted molar refractivity (Wildman–Crippen MR) is 66.2 cm³/mol. The fraction of sp³-hybridized carbons (Fsp3) is 0.0909. The third kappa shape index (κ3) is 3.25. The molecule has 4 nitrogen and oxygen atoms in total. The molecule has 1 heterocycles. The highest BCUT2D eigenvalue weighted by atomic mass is 35.5. The van der Waals surface area contributed by atoms with Crippen molar-refractivity contribution < 1.29 is 13.2 Å². The van der Waals surface area contributed by atoms with Crippen LogP contribution in [0.1, 0.15) is 5.56 Å². The molecule has 0 aliphatic rings. The Kier molecular flexibility index (Phi) is 3.48. The van der Waals surface area contributed by atoms with E-state index in [-0.39, 0.29) is 22.3 Å². The van der Waals surface area contributed by atoms with E-state index in [2.05, 4.69) is 15.3 Å². The highest BCUT2D eigenvalue weighted by Gasteiger charge is 2.31. The number of hydrogen-bond acceptors (Lipinski definition) is 4. The van der Waals surface area contributed by atoms with Crippen molar-refractivity contribution in [2.45, 2.75) is 6.18 Å². The first-order valence-electron chi connectivity index (χ1n) is 5.07. The van der Waals surface area contributed by atoms with Gasteiger partial charge in [0.15, 0.2) is 5.82 Å². The van der Waals surface area contributed by atoms with Gasteiger partial charge in [-0.05, 0) is 18.2 Å². The van der Waals surface area contributed by atoms with Gasteiger partial charge < -0.3 is 11.1 Å². The molecule has 0 saturated heterocycles. The maximum Gasteiger partial charge on any atom is 0.416 e. The maximum absolute atomic E-state index is 12.6. The first kappa shape index (κ1) is 13.4. The summed E-state index contributed by atoms with van der Waals surface area (Å²) in [4.78, 5) is 7.63. The van der Waals surface area contributed by atoms with Gasteiger partial charge in [-0.1, -0.05) is 11.6 Å². The first-order chi connectivity index (χ1) is 8.86. The van der Waals surface area contributed by atoms with Gasteiger partial charge in [0.25, 0.3) is 0 Å². The van der Waals surface area contributed by atoms with E-state index in [1.54, 1.807) is 0 Å². The lowest BCUT2D eigenvalue weighted by Crippen LogP contribution is -2.06. The summed E-state index contributed by atoms with van der Waals surface area (Å²) < 4.78 is 37.8. The molecule has 2 rings (SSSR count). The Bertz CT molecular complexity index is 601. The molecule has 0 saturated carbocycles. The van der Waals surface area contributed by atoms with E-state index >= 15 is 0 Å². The van der Waals surface area contributed by atoms with Crippen molar-refractivity contribution in [3.63, 3.8) is 0 Å². The monoisotopic (exact) mass is 288 g/mol. The minimum Gasteiger partial charge on any atom is -0.382 e. The number of halogens is 4. The maximum atomic E-state index is 12.6. The quantitative estimate of drug-likeness (QED) is 0.888. The molecule has 1 aromatic heterocycles. The number of nitrogen functional groups attached to an aromatic ring is 1. The van der Waals surface area contributed by atoms with Gasteiger partial charge in [0.05, 0.1) is 28.7 Å². The van der Waals surface area contributed by atoms with Crippen molar-refractivity contribution in [2.24, 2.45) is 0 Å². The molecule has 0 atom stereocenters. The van der Waals surface area contributed by atoms with E-state index in [0.29, 0.717) is 0 Å². The van der Waals surface area contributed by atoms with Crippen LogP contribution in [0.3, 0.4) is 0 Å². The van der Waals surface area contributed by atoms with Crippen LogP contribution in [0.15, 0.2) is 30.6 Å². The number of nitrogens with zero attached hydrogens (tertiary/aromatic N) is 2. The molecule has 0 aliphatic heterocycles. The summed E-state index contributed by atoms with van der Waals surface area (Å²) in [5.74, 6) is 0.356. The van der Waals surface area contributed by atoms with Gasteiger partial charge >= 0.3 is 6.18 Å². The lowest BCUT2D eigenvalue weighted by molar-refractivity contribution is -0.137. The Morgan fingerprint density at radius 3 is 2.58 bits per heavy atom. The molecule has 0 fully saturated rings. The van der Waals surface area contributed by atoms with E-state index < -0.39 is 11.7 Å². The lowest BCUT2D eigenvalue weighted by atomic mass is 10.2. The number of aromatic nitrogens is 2. The van der Waals surface area contributed by atoms with Crippen molar-refractivity contribution in [1.29, 1.82) is 0 Å². The van der Waals surface area contributed by atoms with Crippen molar-refractivity contribution >= 4 is 28.9 Å². The summed E-state index contributed by atoms with van der Waals surface area (Å²) in [5.41, 5.74) is 4.69. The van der Waals surface area contributed by atoms with Gasteiger partial charge in [0, 0.05) is 0 Å². The SMILES string of the molecule is Nc1cncc(Nc2cc(C(F)(F)F)ccc2Cl)n1. The van der Waals surface area contributed by atoms with Crippen LogP contribution in [-0.4, -0.2) is 9.97 Å². The zero-order valence-electron chi connectivity index (χ0n) is 9.37. The van der Waals surface area contributed by atoms with Crippen LogP contribution in [0.5, 0.6) is 0 Å². The number of nitrogens with two attached hydrogens (primary N) is 1. The van der Waals surface area contributed by atoms with Crippen LogP contribution in [0, 0.1) is 0 Å². The van der Waals surface area contributed by atoms with Gasteiger partial charge in [-0.2, -0.15) is 13.2 Å². The lowest BCUT2D eigenvalue weighted by Gasteiger charge is -2.11. The smallest absolute Gasteiger partial charge is 0.382 e. The second kappa shape index (κ2) is 4.93. The molecule has 0 bridgehead atoms. The Balaban J connectivity index is 2.34. The number of alkyl halides is 3. The topological polar surface area (TPSA) is 63.8 Å². The molecule has 19 heavy (non-hydrogen) atoms. The highest BCUT2D eigenvalue weighted by Crippen LogP contribution is 2.34.